The van der Waals surface area contributed by atoms with E-state index in [1.165, 1.54) is 0 Å². The van der Waals surface area contributed by atoms with E-state index >= 15 is 0 Å². The zero-order valence-electron chi connectivity index (χ0n) is 13.6. The van der Waals surface area contributed by atoms with Gasteiger partial charge in [-0.15, -0.1) is 0 Å². The van der Waals surface area contributed by atoms with Gasteiger partial charge in [-0.1, -0.05) is 18.2 Å². The maximum absolute atomic E-state index is 12.3. The van der Waals surface area contributed by atoms with E-state index in [9.17, 15) is 9.90 Å². The molecule has 0 bridgehead atoms. The molecule has 22 heavy (non-hydrogen) atoms. The quantitative estimate of drug-likeness (QED) is 0.800. The van der Waals surface area contributed by atoms with Gasteiger partial charge in [-0.25, -0.2) is 4.79 Å². The molecule has 1 aliphatic carbocycles. The summed E-state index contributed by atoms with van der Waals surface area (Å²) in [6, 6.07) is 7.64. The number of benzene rings is 1. The van der Waals surface area contributed by atoms with Gasteiger partial charge in [0.05, 0.1) is 18.8 Å². The lowest BCUT2D eigenvalue weighted by Crippen LogP contribution is -2.50. The second kappa shape index (κ2) is 7.01. The first-order valence-corrected chi connectivity index (χ1v) is 7.82. The van der Waals surface area contributed by atoms with Gasteiger partial charge in [0.15, 0.2) is 0 Å². The largest absolute Gasteiger partial charge is 0.496 e. The molecule has 122 valence electrons. The highest BCUT2D eigenvalue weighted by Crippen LogP contribution is 2.29. The van der Waals surface area contributed by atoms with Gasteiger partial charge >= 0.3 is 6.03 Å². The zero-order chi connectivity index (χ0) is 16.2. The number of carbonyl (C=O) groups excluding carboxylic acids is 1. The number of methoxy groups -OCH3 is 1. The second-order valence-corrected chi connectivity index (χ2v) is 6.43. The molecule has 5 nitrogen and oxygen atoms in total. The van der Waals surface area contributed by atoms with Gasteiger partial charge in [0.2, 0.25) is 0 Å². The van der Waals surface area contributed by atoms with Crippen molar-refractivity contribution in [1.29, 1.82) is 0 Å². The van der Waals surface area contributed by atoms with Gasteiger partial charge < -0.3 is 20.5 Å². The maximum atomic E-state index is 12.3. The van der Waals surface area contributed by atoms with Crippen molar-refractivity contribution in [1.82, 2.24) is 10.6 Å². The summed E-state index contributed by atoms with van der Waals surface area (Å²) in [5.41, 5.74) is 0.400. The fourth-order valence-electron chi connectivity index (χ4n) is 2.95. The first-order valence-electron chi connectivity index (χ1n) is 7.82. The van der Waals surface area contributed by atoms with Gasteiger partial charge in [-0.05, 0) is 45.6 Å². The van der Waals surface area contributed by atoms with Crippen LogP contribution in [0.4, 0.5) is 4.79 Å². The molecule has 0 spiro atoms. The molecule has 3 N–H and O–H groups in total. The maximum Gasteiger partial charge on any atom is 0.315 e. The number of rotatable bonds is 4. The van der Waals surface area contributed by atoms with Crippen LogP contribution in [0, 0.1) is 0 Å². The standard InChI is InChI=1S/C17H26N2O3/c1-17(2,14-6-4-5-7-15(14)22-3)19-16(21)18-12-8-10-13(20)11-9-12/h4-7,12-13,20H,8-11H2,1-3H3,(H2,18,19,21). The number of aliphatic hydroxyl groups excluding tert-OH is 1. The van der Waals surface area contributed by atoms with Gasteiger partial charge in [0.25, 0.3) is 0 Å². The Bertz CT molecular complexity index is 508. The molecule has 0 radical (unpaired) electrons. The lowest BCUT2D eigenvalue weighted by Gasteiger charge is -2.31. The summed E-state index contributed by atoms with van der Waals surface area (Å²) in [6.45, 7) is 3.91. The second-order valence-electron chi connectivity index (χ2n) is 6.43. The summed E-state index contributed by atoms with van der Waals surface area (Å²) < 4.78 is 5.38. The minimum atomic E-state index is -0.537. The van der Waals surface area contributed by atoms with Crippen molar-refractivity contribution in [2.24, 2.45) is 0 Å². The zero-order valence-corrected chi connectivity index (χ0v) is 13.6. The van der Waals surface area contributed by atoms with Crippen LogP contribution in [0.15, 0.2) is 24.3 Å². The highest BCUT2D eigenvalue weighted by atomic mass is 16.5. The van der Waals surface area contributed by atoms with Crippen molar-refractivity contribution in [2.75, 3.05) is 7.11 Å². The van der Waals surface area contributed by atoms with Crippen LogP contribution in [0.3, 0.4) is 0 Å². The number of para-hydroxylation sites is 1. The van der Waals surface area contributed by atoms with Gasteiger partial charge in [-0.2, -0.15) is 0 Å². The van der Waals surface area contributed by atoms with Crippen molar-refractivity contribution < 1.29 is 14.6 Å². The lowest BCUT2D eigenvalue weighted by molar-refractivity contribution is 0.117. The van der Waals surface area contributed by atoms with Crippen LogP contribution in [-0.2, 0) is 5.54 Å². The third kappa shape index (κ3) is 4.13. The van der Waals surface area contributed by atoms with Crippen LogP contribution in [-0.4, -0.2) is 30.4 Å². The van der Waals surface area contributed by atoms with E-state index in [0.717, 1.165) is 37.0 Å². The van der Waals surface area contributed by atoms with Crippen LogP contribution < -0.4 is 15.4 Å². The van der Waals surface area contributed by atoms with Crippen LogP contribution >= 0.6 is 0 Å². The molecule has 0 aromatic heterocycles. The molecule has 0 saturated heterocycles. The molecule has 2 rings (SSSR count). The van der Waals surface area contributed by atoms with Crippen LogP contribution in [0.5, 0.6) is 5.75 Å². The van der Waals surface area contributed by atoms with Gasteiger partial charge in [-0.3, -0.25) is 0 Å². The normalized spacial score (nSPS) is 22.0. The highest BCUT2D eigenvalue weighted by molar-refractivity contribution is 5.75. The molecule has 2 amide bonds. The Hall–Kier alpha value is -1.75. The van der Waals surface area contributed by atoms with Crippen LogP contribution in [0.25, 0.3) is 0 Å². The number of aliphatic hydroxyl groups is 1. The van der Waals surface area contributed by atoms with Crippen molar-refractivity contribution >= 4 is 6.03 Å². The number of amides is 2. The van der Waals surface area contributed by atoms with Gasteiger partial charge in [0.1, 0.15) is 5.75 Å². The van der Waals surface area contributed by atoms with Crippen molar-refractivity contribution in [3.8, 4) is 5.75 Å². The average molecular weight is 306 g/mol. The molecule has 0 heterocycles. The number of urea groups is 1. The molecular weight excluding hydrogens is 280 g/mol. The summed E-state index contributed by atoms with van der Waals surface area (Å²) in [6.07, 6.45) is 2.93. The minimum Gasteiger partial charge on any atom is -0.496 e. The number of hydrogen-bond acceptors (Lipinski definition) is 3. The highest BCUT2D eigenvalue weighted by Gasteiger charge is 2.28. The monoisotopic (exact) mass is 306 g/mol. The molecule has 0 unspecified atom stereocenters. The third-order valence-electron chi connectivity index (χ3n) is 4.24. The SMILES string of the molecule is COc1ccccc1C(C)(C)NC(=O)NC1CCC(O)CC1. The Balaban J connectivity index is 1.97. The Morgan fingerprint density at radius 1 is 1.23 bits per heavy atom. The molecule has 1 aromatic carbocycles. The first kappa shape index (κ1) is 16.6. The molecule has 0 aliphatic heterocycles. The number of carbonyl (C=O) groups is 1. The Morgan fingerprint density at radius 3 is 2.50 bits per heavy atom. The predicted octanol–water partition coefficient (Wildman–Crippen LogP) is 2.53. The van der Waals surface area contributed by atoms with Crippen molar-refractivity contribution in [3.05, 3.63) is 29.8 Å². The fourth-order valence-corrected chi connectivity index (χ4v) is 2.95. The summed E-state index contributed by atoms with van der Waals surface area (Å²) in [7, 11) is 1.63. The average Bonchev–Trinajstić information content (AvgIpc) is 2.49. The third-order valence-corrected chi connectivity index (χ3v) is 4.24. The summed E-state index contributed by atoms with van der Waals surface area (Å²) >= 11 is 0. The van der Waals surface area contributed by atoms with E-state index in [1.807, 2.05) is 38.1 Å². The van der Waals surface area contributed by atoms with Gasteiger partial charge in [0, 0.05) is 11.6 Å². The van der Waals surface area contributed by atoms with E-state index < -0.39 is 5.54 Å². The Kier molecular flexibility index (Phi) is 5.29. The fraction of sp³-hybridized carbons (Fsp3) is 0.588. The summed E-state index contributed by atoms with van der Waals surface area (Å²) in [5, 5.41) is 15.5. The van der Waals surface area contributed by atoms with E-state index in [4.69, 9.17) is 4.74 Å². The molecule has 1 fully saturated rings. The Morgan fingerprint density at radius 2 is 1.86 bits per heavy atom. The van der Waals surface area contributed by atoms with Crippen LogP contribution in [0.2, 0.25) is 0 Å². The minimum absolute atomic E-state index is 0.136. The van der Waals surface area contributed by atoms with E-state index in [0.29, 0.717) is 0 Å². The molecule has 5 heteroatoms. The smallest absolute Gasteiger partial charge is 0.315 e. The molecular formula is C17H26N2O3. The molecule has 1 aliphatic rings. The molecule has 1 aromatic rings. The molecule has 1 saturated carbocycles. The first-order chi connectivity index (χ1) is 10.4. The van der Waals surface area contributed by atoms with E-state index in [1.54, 1.807) is 7.11 Å². The Labute approximate surface area is 132 Å². The van der Waals surface area contributed by atoms with Crippen LogP contribution in [0.1, 0.15) is 45.1 Å². The number of hydrogen-bond donors (Lipinski definition) is 3. The summed E-state index contributed by atoms with van der Waals surface area (Å²) in [5.74, 6) is 0.758. The van der Waals surface area contributed by atoms with E-state index in [-0.39, 0.29) is 18.2 Å². The lowest BCUT2D eigenvalue weighted by atomic mass is 9.92. The van der Waals surface area contributed by atoms with Crippen molar-refractivity contribution in [2.45, 2.75) is 57.2 Å². The summed E-state index contributed by atoms with van der Waals surface area (Å²) in [4.78, 5) is 12.3. The predicted molar refractivity (Wildman–Crippen MR) is 86.0 cm³/mol. The number of ether oxygens (including phenoxy) is 1. The van der Waals surface area contributed by atoms with E-state index in [2.05, 4.69) is 10.6 Å². The number of nitrogens with one attached hydrogen (secondary N) is 2. The topological polar surface area (TPSA) is 70.6 Å². The van der Waals surface area contributed by atoms with Crippen molar-refractivity contribution in [3.63, 3.8) is 0 Å². The molecule has 0 atom stereocenters.